The number of hydrogen-bond donors (Lipinski definition) is 0. The summed E-state index contributed by atoms with van der Waals surface area (Å²) < 4.78 is 5.19. The van der Waals surface area contributed by atoms with Gasteiger partial charge in [-0.1, -0.05) is 69.2 Å². The van der Waals surface area contributed by atoms with Crippen LogP contribution in [-0.4, -0.2) is 12.6 Å². The summed E-state index contributed by atoms with van der Waals surface area (Å²) in [5, 5.41) is 0. The summed E-state index contributed by atoms with van der Waals surface area (Å²) in [4.78, 5) is 11.3. The van der Waals surface area contributed by atoms with Crippen molar-refractivity contribution in [3.05, 3.63) is 42.0 Å². The molecule has 21 heavy (non-hydrogen) atoms. The van der Waals surface area contributed by atoms with Gasteiger partial charge in [0.15, 0.2) is 0 Å². The van der Waals surface area contributed by atoms with E-state index in [-0.39, 0.29) is 5.97 Å². The van der Waals surface area contributed by atoms with Crippen LogP contribution in [0.4, 0.5) is 0 Å². The van der Waals surface area contributed by atoms with Gasteiger partial charge >= 0.3 is 5.97 Å². The van der Waals surface area contributed by atoms with Crippen LogP contribution in [0.2, 0.25) is 0 Å². The standard InChI is InChI=1S/C19H28O2/c1-17(2)16-19(20)21-15-11-6-4-3-5-8-12-18-13-9-7-10-14-18/h7-10,12-14,17H,3-6,11,15-16H2,1-2H3. The van der Waals surface area contributed by atoms with Crippen LogP contribution in [0.1, 0.15) is 57.9 Å². The van der Waals surface area contributed by atoms with Crippen molar-refractivity contribution in [1.82, 2.24) is 0 Å². The second-order valence-electron chi connectivity index (χ2n) is 5.83. The van der Waals surface area contributed by atoms with E-state index in [1.165, 1.54) is 18.4 Å². The average Bonchev–Trinajstić information content (AvgIpc) is 2.46. The van der Waals surface area contributed by atoms with Crippen molar-refractivity contribution in [1.29, 1.82) is 0 Å². The number of esters is 1. The van der Waals surface area contributed by atoms with Gasteiger partial charge in [0.1, 0.15) is 0 Å². The molecule has 0 aliphatic carbocycles. The molecule has 0 unspecified atom stereocenters. The molecule has 0 bridgehead atoms. The number of carbonyl (C=O) groups is 1. The Morgan fingerprint density at radius 2 is 1.81 bits per heavy atom. The van der Waals surface area contributed by atoms with Gasteiger partial charge in [-0.25, -0.2) is 0 Å². The van der Waals surface area contributed by atoms with Gasteiger partial charge in [0.05, 0.1) is 6.61 Å². The first-order valence-corrected chi connectivity index (χ1v) is 8.05. The van der Waals surface area contributed by atoms with Gasteiger partial charge in [-0.15, -0.1) is 0 Å². The molecule has 0 aliphatic heterocycles. The lowest BCUT2D eigenvalue weighted by atomic mass is 10.1. The number of benzene rings is 1. The fraction of sp³-hybridized carbons (Fsp3) is 0.526. The first-order chi connectivity index (χ1) is 10.2. The maximum Gasteiger partial charge on any atom is 0.306 e. The van der Waals surface area contributed by atoms with Gasteiger partial charge in [0.25, 0.3) is 0 Å². The smallest absolute Gasteiger partial charge is 0.306 e. The highest BCUT2D eigenvalue weighted by atomic mass is 16.5. The van der Waals surface area contributed by atoms with E-state index >= 15 is 0 Å². The Labute approximate surface area is 129 Å². The molecule has 0 atom stereocenters. The van der Waals surface area contributed by atoms with Gasteiger partial charge in [-0.2, -0.15) is 0 Å². The third kappa shape index (κ3) is 9.89. The van der Waals surface area contributed by atoms with Gasteiger partial charge < -0.3 is 4.74 Å². The Morgan fingerprint density at radius 1 is 1.10 bits per heavy atom. The average molecular weight is 288 g/mol. The van der Waals surface area contributed by atoms with Crippen molar-refractivity contribution in [2.45, 2.75) is 52.4 Å². The molecule has 0 saturated heterocycles. The van der Waals surface area contributed by atoms with Crippen molar-refractivity contribution >= 4 is 12.0 Å². The molecular formula is C19H28O2. The second kappa shape index (κ2) is 11.1. The molecule has 0 saturated carbocycles. The van der Waals surface area contributed by atoms with Gasteiger partial charge in [0, 0.05) is 6.42 Å². The van der Waals surface area contributed by atoms with E-state index in [0.29, 0.717) is 18.9 Å². The van der Waals surface area contributed by atoms with Gasteiger partial charge in [-0.3, -0.25) is 4.79 Å². The number of ether oxygens (including phenoxy) is 1. The Balaban J connectivity index is 1.93. The molecule has 1 rings (SSSR count). The largest absolute Gasteiger partial charge is 0.466 e. The zero-order valence-electron chi connectivity index (χ0n) is 13.4. The lowest BCUT2D eigenvalue weighted by molar-refractivity contribution is -0.144. The summed E-state index contributed by atoms with van der Waals surface area (Å²) in [6.45, 7) is 4.64. The second-order valence-corrected chi connectivity index (χ2v) is 5.83. The Bertz CT molecular complexity index is 407. The summed E-state index contributed by atoms with van der Waals surface area (Å²) in [5.74, 6) is 0.324. The first kappa shape index (κ1) is 17.5. The molecule has 0 aromatic heterocycles. The third-order valence-electron chi connectivity index (χ3n) is 3.21. The molecule has 0 fully saturated rings. The van der Waals surface area contributed by atoms with Crippen molar-refractivity contribution in [3.63, 3.8) is 0 Å². The van der Waals surface area contributed by atoms with E-state index in [0.717, 1.165) is 19.3 Å². The molecule has 2 heteroatoms. The van der Waals surface area contributed by atoms with Crippen molar-refractivity contribution in [3.8, 4) is 0 Å². The molecule has 0 aliphatic rings. The minimum absolute atomic E-state index is 0.0594. The monoisotopic (exact) mass is 288 g/mol. The van der Waals surface area contributed by atoms with Crippen LogP contribution >= 0.6 is 0 Å². The fourth-order valence-electron chi connectivity index (χ4n) is 2.08. The maximum atomic E-state index is 11.3. The normalized spacial score (nSPS) is 11.2. The number of hydrogen-bond acceptors (Lipinski definition) is 2. The number of rotatable bonds is 10. The van der Waals surface area contributed by atoms with Crippen molar-refractivity contribution in [2.24, 2.45) is 5.92 Å². The topological polar surface area (TPSA) is 26.3 Å². The lowest BCUT2D eigenvalue weighted by Gasteiger charge is -2.06. The van der Waals surface area contributed by atoms with Crippen LogP contribution in [0.5, 0.6) is 0 Å². The van der Waals surface area contributed by atoms with Gasteiger partial charge in [-0.05, 0) is 30.7 Å². The predicted octanol–water partition coefficient (Wildman–Crippen LogP) is 5.24. The minimum Gasteiger partial charge on any atom is -0.466 e. The zero-order chi connectivity index (χ0) is 15.3. The van der Waals surface area contributed by atoms with Crippen LogP contribution in [0.3, 0.4) is 0 Å². The quantitative estimate of drug-likeness (QED) is 0.435. The molecule has 1 aromatic rings. The molecular weight excluding hydrogens is 260 g/mol. The summed E-state index contributed by atoms with van der Waals surface area (Å²) >= 11 is 0. The van der Waals surface area contributed by atoms with Crippen molar-refractivity contribution < 1.29 is 9.53 Å². The highest BCUT2D eigenvalue weighted by Gasteiger charge is 2.04. The van der Waals surface area contributed by atoms with E-state index in [4.69, 9.17) is 4.74 Å². The van der Waals surface area contributed by atoms with Crippen LogP contribution in [0.15, 0.2) is 36.4 Å². The summed E-state index contributed by atoms with van der Waals surface area (Å²) in [6.07, 6.45) is 10.6. The molecule has 116 valence electrons. The van der Waals surface area contributed by atoms with E-state index < -0.39 is 0 Å². The van der Waals surface area contributed by atoms with E-state index in [9.17, 15) is 4.79 Å². The molecule has 0 amide bonds. The highest BCUT2D eigenvalue weighted by molar-refractivity contribution is 5.69. The minimum atomic E-state index is -0.0594. The molecule has 2 nitrogen and oxygen atoms in total. The van der Waals surface area contributed by atoms with Gasteiger partial charge in [0.2, 0.25) is 0 Å². The number of unbranched alkanes of at least 4 members (excludes halogenated alkanes) is 4. The summed E-state index contributed by atoms with van der Waals surface area (Å²) in [7, 11) is 0. The molecule has 0 radical (unpaired) electrons. The van der Waals surface area contributed by atoms with E-state index in [1.807, 2.05) is 19.9 Å². The summed E-state index contributed by atoms with van der Waals surface area (Å²) in [6, 6.07) is 10.4. The van der Waals surface area contributed by atoms with Crippen LogP contribution < -0.4 is 0 Å². The Kier molecular flexibility index (Phi) is 9.26. The van der Waals surface area contributed by atoms with E-state index in [2.05, 4.69) is 36.4 Å². The van der Waals surface area contributed by atoms with Crippen molar-refractivity contribution in [2.75, 3.05) is 6.61 Å². The molecule has 0 heterocycles. The first-order valence-electron chi connectivity index (χ1n) is 8.05. The van der Waals surface area contributed by atoms with Crippen LogP contribution in [0, 0.1) is 5.92 Å². The number of carbonyl (C=O) groups excluding carboxylic acids is 1. The van der Waals surface area contributed by atoms with Crippen LogP contribution in [-0.2, 0) is 9.53 Å². The highest BCUT2D eigenvalue weighted by Crippen LogP contribution is 2.08. The third-order valence-corrected chi connectivity index (χ3v) is 3.21. The predicted molar refractivity (Wildman–Crippen MR) is 89.0 cm³/mol. The lowest BCUT2D eigenvalue weighted by Crippen LogP contribution is -2.08. The molecule has 1 aromatic carbocycles. The fourth-order valence-corrected chi connectivity index (χ4v) is 2.08. The zero-order valence-corrected chi connectivity index (χ0v) is 13.4. The Hall–Kier alpha value is -1.57. The number of allylic oxidation sites excluding steroid dienone is 1. The SMILES string of the molecule is CC(C)CC(=O)OCCCCCCC=Cc1ccccc1. The van der Waals surface area contributed by atoms with Crippen LogP contribution in [0.25, 0.3) is 6.08 Å². The molecule has 0 N–H and O–H groups in total. The summed E-state index contributed by atoms with van der Waals surface area (Å²) in [5.41, 5.74) is 1.26. The Morgan fingerprint density at radius 3 is 2.52 bits per heavy atom. The van der Waals surface area contributed by atoms with E-state index in [1.54, 1.807) is 0 Å². The molecule has 0 spiro atoms. The maximum absolute atomic E-state index is 11.3.